The van der Waals surface area contributed by atoms with Gasteiger partial charge in [0, 0.05) is 15.5 Å². The van der Waals surface area contributed by atoms with Crippen LogP contribution in [0.2, 0.25) is 5.02 Å². The van der Waals surface area contributed by atoms with Crippen molar-refractivity contribution in [1.29, 1.82) is 5.41 Å². The Hall–Kier alpha value is -0.710. The van der Waals surface area contributed by atoms with Gasteiger partial charge >= 0.3 is 0 Å². The molecule has 0 saturated carbocycles. The van der Waals surface area contributed by atoms with Gasteiger partial charge in [0.1, 0.15) is 5.84 Å². The molecule has 80 valence electrons. The zero-order chi connectivity index (χ0) is 10.8. The highest BCUT2D eigenvalue weighted by Crippen LogP contribution is 2.32. The fraction of sp³-hybridized carbons (Fsp3) is 0.300. The predicted octanol–water partition coefficient (Wildman–Crippen LogP) is 2.11. The van der Waals surface area contributed by atoms with Gasteiger partial charge in [-0.3, -0.25) is 5.41 Å². The van der Waals surface area contributed by atoms with Crippen molar-refractivity contribution in [3.8, 4) is 0 Å². The highest BCUT2D eigenvalue weighted by atomic mass is 35.5. The number of benzene rings is 1. The number of hydrogen-bond donors (Lipinski definition) is 2. The zero-order valence-electron chi connectivity index (χ0n) is 8.00. The summed E-state index contributed by atoms with van der Waals surface area (Å²) in [5.41, 5.74) is 6.24. The molecule has 1 aromatic carbocycles. The summed E-state index contributed by atoms with van der Waals surface area (Å²) < 4.78 is 5.10. The summed E-state index contributed by atoms with van der Waals surface area (Å²) in [6.07, 6.45) is 0. The molecule has 0 unspecified atom stereocenters. The van der Waals surface area contributed by atoms with Crippen LogP contribution in [0.15, 0.2) is 23.1 Å². The van der Waals surface area contributed by atoms with Gasteiger partial charge in [0.15, 0.2) is 0 Å². The lowest BCUT2D eigenvalue weighted by molar-refractivity contribution is 0.0455. The van der Waals surface area contributed by atoms with Crippen molar-refractivity contribution < 1.29 is 4.74 Å². The van der Waals surface area contributed by atoms with Gasteiger partial charge in [-0.1, -0.05) is 11.6 Å². The molecular formula is C10H11ClN2OS. The average molecular weight is 243 g/mol. The van der Waals surface area contributed by atoms with Crippen LogP contribution >= 0.6 is 23.4 Å². The first kappa shape index (κ1) is 10.8. The van der Waals surface area contributed by atoms with Crippen molar-refractivity contribution in [2.45, 2.75) is 10.1 Å². The number of halogens is 1. The van der Waals surface area contributed by atoms with E-state index in [0.29, 0.717) is 10.3 Å². The first-order valence-corrected chi connectivity index (χ1v) is 5.81. The van der Waals surface area contributed by atoms with Crippen LogP contribution in [-0.2, 0) is 4.74 Å². The molecule has 1 heterocycles. The highest BCUT2D eigenvalue weighted by molar-refractivity contribution is 8.00. The molecular weight excluding hydrogens is 232 g/mol. The molecule has 2 rings (SSSR count). The Balaban J connectivity index is 2.24. The minimum atomic E-state index is 0.0782. The van der Waals surface area contributed by atoms with Crippen LogP contribution in [0.4, 0.5) is 0 Å². The first-order chi connectivity index (χ1) is 7.16. The van der Waals surface area contributed by atoms with Crippen LogP contribution < -0.4 is 5.73 Å². The van der Waals surface area contributed by atoms with Crippen LogP contribution in [0.5, 0.6) is 0 Å². The third-order valence-electron chi connectivity index (χ3n) is 2.13. The summed E-state index contributed by atoms with van der Waals surface area (Å²) in [7, 11) is 0. The smallest absolute Gasteiger partial charge is 0.123 e. The predicted molar refractivity (Wildman–Crippen MR) is 62.9 cm³/mol. The molecule has 0 bridgehead atoms. The largest absolute Gasteiger partial charge is 0.384 e. The Kier molecular flexibility index (Phi) is 3.19. The van der Waals surface area contributed by atoms with Crippen LogP contribution in [0.3, 0.4) is 0 Å². The van der Waals surface area contributed by atoms with Crippen molar-refractivity contribution >= 4 is 29.2 Å². The number of amidine groups is 1. The maximum atomic E-state index is 7.46. The molecule has 1 aromatic rings. The maximum absolute atomic E-state index is 7.46. The van der Waals surface area contributed by atoms with Crippen molar-refractivity contribution in [1.82, 2.24) is 0 Å². The third kappa shape index (κ3) is 2.45. The van der Waals surface area contributed by atoms with Gasteiger partial charge in [0.25, 0.3) is 0 Å². The third-order valence-corrected chi connectivity index (χ3v) is 3.57. The van der Waals surface area contributed by atoms with E-state index >= 15 is 0 Å². The molecule has 1 fully saturated rings. The topological polar surface area (TPSA) is 59.1 Å². The average Bonchev–Trinajstić information content (AvgIpc) is 2.11. The van der Waals surface area contributed by atoms with Gasteiger partial charge < -0.3 is 10.5 Å². The van der Waals surface area contributed by atoms with Crippen molar-refractivity contribution in [3.63, 3.8) is 0 Å². The summed E-state index contributed by atoms with van der Waals surface area (Å²) in [5.74, 6) is 0.0782. The second-order valence-corrected chi connectivity index (χ2v) is 5.11. The number of nitrogen functional groups attached to an aromatic ring is 1. The van der Waals surface area contributed by atoms with Crippen LogP contribution in [0, 0.1) is 5.41 Å². The number of ether oxygens (including phenoxy) is 1. The molecule has 0 radical (unpaired) electrons. The number of hydrogen-bond acceptors (Lipinski definition) is 3. The van der Waals surface area contributed by atoms with Crippen LogP contribution in [0.25, 0.3) is 0 Å². The molecule has 0 spiro atoms. The van der Waals surface area contributed by atoms with E-state index in [4.69, 9.17) is 27.5 Å². The second-order valence-electron chi connectivity index (χ2n) is 3.33. The Labute approximate surface area is 97.5 Å². The molecule has 0 aromatic heterocycles. The standard InChI is InChI=1S/C10H11ClN2OS/c11-6-1-2-8(10(12)13)9(3-6)15-7-4-14-5-7/h1-3,7H,4-5H2,(H3,12,13). The number of nitrogens with two attached hydrogens (primary N) is 1. The summed E-state index contributed by atoms with van der Waals surface area (Å²) >= 11 is 7.58. The molecule has 0 aliphatic carbocycles. The Morgan fingerprint density at radius 2 is 2.27 bits per heavy atom. The monoisotopic (exact) mass is 242 g/mol. The van der Waals surface area contributed by atoms with Gasteiger partial charge in [-0.25, -0.2) is 0 Å². The van der Waals surface area contributed by atoms with E-state index in [1.165, 1.54) is 0 Å². The first-order valence-electron chi connectivity index (χ1n) is 4.55. The number of nitrogens with one attached hydrogen (secondary N) is 1. The Bertz CT molecular complexity index is 393. The zero-order valence-corrected chi connectivity index (χ0v) is 9.57. The summed E-state index contributed by atoms with van der Waals surface area (Å²) in [6, 6.07) is 5.38. The van der Waals surface area contributed by atoms with Gasteiger partial charge in [-0.05, 0) is 18.2 Å². The molecule has 0 atom stereocenters. The molecule has 1 aliphatic heterocycles. The van der Waals surface area contributed by atoms with E-state index < -0.39 is 0 Å². The SMILES string of the molecule is N=C(N)c1ccc(Cl)cc1SC1COC1. The number of rotatable bonds is 3. The normalized spacial score (nSPS) is 16.1. The lowest BCUT2D eigenvalue weighted by atomic mass is 10.2. The molecule has 1 saturated heterocycles. The van der Waals surface area contributed by atoms with E-state index in [0.717, 1.165) is 23.7 Å². The molecule has 3 N–H and O–H groups in total. The van der Waals surface area contributed by atoms with E-state index in [1.807, 2.05) is 6.07 Å². The highest BCUT2D eigenvalue weighted by Gasteiger charge is 2.21. The van der Waals surface area contributed by atoms with E-state index in [-0.39, 0.29) is 5.84 Å². The minimum absolute atomic E-state index is 0.0782. The van der Waals surface area contributed by atoms with Crippen molar-refractivity contribution in [2.24, 2.45) is 5.73 Å². The number of thioether (sulfide) groups is 1. The fourth-order valence-corrected chi connectivity index (χ4v) is 2.70. The Morgan fingerprint density at radius 1 is 1.53 bits per heavy atom. The van der Waals surface area contributed by atoms with Gasteiger partial charge in [-0.15, -0.1) is 11.8 Å². The molecule has 3 nitrogen and oxygen atoms in total. The molecule has 0 amide bonds. The summed E-state index contributed by atoms with van der Waals surface area (Å²) in [6.45, 7) is 1.52. The lowest BCUT2D eigenvalue weighted by Crippen LogP contribution is -2.30. The molecule has 15 heavy (non-hydrogen) atoms. The van der Waals surface area contributed by atoms with Crippen molar-refractivity contribution in [2.75, 3.05) is 13.2 Å². The van der Waals surface area contributed by atoms with Crippen LogP contribution in [-0.4, -0.2) is 24.3 Å². The lowest BCUT2D eigenvalue weighted by Gasteiger charge is -2.26. The van der Waals surface area contributed by atoms with E-state index in [1.54, 1.807) is 23.9 Å². The van der Waals surface area contributed by atoms with E-state index in [9.17, 15) is 0 Å². The Morgan fingerprint density at radius 3 is 2.80 bits per heavy atom. The fourth-order valence-electron chi connectivity index (χ4n) is 1.28. The molecule has 5 heteroatoms. The second kappa shape index (κ2) is 4.43. The van der Waals surface area contributed by atoms with Gasteiger partial charge in [0.05, 0.1) is 18.5 Å². The summed E-state index contributed by atoms with van der Waals surface area (Å²) in [4.78, 5) is 0.961. The minimum Gasteiger partial charge on any atom is -0.384 e. The van der Waals surface area contributed by atoms with E-state index in [2.05, 4.69) is 0 Å². The van der Waals surface area contributed by atoms with Gasteiger partial charge in [0.2, 0.25) is 0 Å². The van der Waals surface area contributed by atoms with Gasteiger partial charge in [-0.2, -0.15) is 0 Å². The van der Waals surface area contributed by atoms with Crippen molar-refractivity contribution in [3.05, 3.63) is 28.8 Å². The maximum Gasteiger partial charge on any atom is 0.123 e. The summed E-state index contributed by atoms with van der Waals surface area (Å²) in [5, 5.41) is 8.59. The molecule has 1 aliphatic rings. The quantitative estimate of drug-likeness (QED) is 0.631. The van der Waals surface area contributed by atoms with Crippen LogP contribution in [0.1, 0.15) is 5.56 Å².